The quantitative estimate of drug-likeness (QED) is 0.774. The molecule has 3 atom stereocenters. The largest absolute Gasteiger partial charge is 0.393 e. The molecule has 16 heavy (non-hydrogen) atoms. The highest BCUT2D eigenvalue weighted by Crippen LogP contribution is 2.31. The van der Waals surface area contributed by atoms with Crippen molar-refractivity contribution < 1.29 is 5.11 Å². The van der Waals surface area contributed by atoms with Crippen molar-refractivity contribution in [1.82, 2.24) is 5.32 Å². The Labute approximate surface area is 99.8 Å². The molecular weight excluding hydrogens is 198 g/mol. The monoisotopic (exact) mass is 225 g/mol. The fraction of sp³-hybridized carbons (Fsp3) is 1.00. The molecule has 0 radical (unpaired) electrons. The van der Waals surface area contributed by atoms with Crippen LogP contribution in [0.3, 0.4) is 0 Å². The Bertz CT molecular complexity index is 201. The van der Waals surface area contributed by atoms with Crippen LogP contribution in [-0.2, 0) is 0 Å². The third-order valence-corrected chi connectivity index (χ3v) is 4.39. The fourth-order valence-corrected chi connectivity index (χ4v) is 3.57. The predicted molar refractivity (Wildman–Crippen MR) is 67.4 cm³/mol. The lowest BCUT2D eigenvalue weighted by Crippen LogP contribution is -2.51. The van der Waals surface area contributed by atoms with Gasteiger partial charge in [0.2, 0.25) is 0 Å². The zero-order valence-corrected chi connectivity index (χ0v) is 10.6. The maximum Gasteiger partial charge on any atom is 0.0570 e. The summed E-state index contributed by atoms with van der Waals surface area (Å²) in [6.45, 7) is 2.23. The van der Waals surface area contributed by atoms with Crippen LogP contribution in [0.5, 0.6) is 0 Å². The molecule has 0 bridgehead atoms. The van der Waals surface area contributed by atoms with Crippen LogP contribution in [-0.4, -0.2) is 23.3 Å². The first-order valence-electron chi connectivity index (χ1n) is 7.23. The van der Waals surface area contributed by atoms with Crippen LogP contribution in [0.1, 0.15) is 64.7 Å². The van der Waals surface area contributed by atoms with E-state index in [1.165, 1.54) is 44.9 Å². The Morgan fingerprint density at radius 3 is 2.56 bits per heavy atom. The second-order valence-corrected chi connectivity index (χ2v) is 5.78. The lowest BCUT2D eigenvalue weighted by atomic mass is 9.79. The van der Waals surface area contributed by atoms with E-state index in [1.807, 2.05) is 0 Å². The predicted octanol–water partition coefficient (Wildman–Crippen LogP) is 2.85. The molecule has 2 aliphatic rings. The Morgan fingerprint density at radius 1 is 1.12 bits per heavy atom. The van der Waals surface area contributed by atoms with Gasteiger partial charge >= 0.3 is 0 Å². The minimum atomic E-state index is -0.0512. The van der Waals surface area contributed by atoms with Crippen molar-refractivity contribution in [2.45, 2.75) is 82.9 Å². The van der Waals surface area contributed by atoms with Gasteiger partial charge in [-0.25, -0.2) is 0 Å². The molecule has 1 saturated carbocycles. The molecule has 0 aromatic rings. The van der Waals surface area contributed by atoms with Crippen LogP contribution >= 0.6 is 0 Å². The average Bonchev–Trinajstić information content (AvgIpc) is 2.30. The molecule has 1 aliphatic heterocycles. The van der Waals surface area contributed by atoms with Gasteiger partial charge < -0.3 is 10.4 Å². The minimum absolute atomic E-state index is 0.0512. The molecule has 0 spiro atoms. The normalized spacial score (nSPS) is 37.5. The van der Waals surface area contributed by atoms with E-state index in [0.29, 0.717) is 12.1 Å². The molecule has 94 valence electrons. The van der Waals surface area contributed by atoms with Crippen molar-refractivity contribution in [2.75, 3.05) is 0 Å². The third-order valence-electron chi connectivity index (χ3n) is 4.39. The molecular formula is C14H27NO. The number of aliphatic hydroxyl groups excluding tert-OH is 1. The third kappa shape index (κ3) is 3.21. The van der Waals surface area contributed by atoms with Gasteiger partial charge in [-0.2, -0.15) is 0 Å². The van der Waals surface area contributed by atoms with Crippen molar-refractivity contribution in [1.29, 1.82) is 0 Å². The van der Waals surface area contributed by atoms with Crippen LogP contribution in [0.2, 0.25) is 0 Å². The van der Waals surface area contributed by atoms with Crippen molar-refractivity contribution >= 4 is 0 Å². The highest BCUT2D eigenvalue weighted by Gasteiger charge is 2.32. The molecule has 2 heteroatoms. The highest BCUT2D eigenvalue weighted by atomic mass is 16.3. The van der Waals surface area contributed by atoms with Gasteiger partial charge in [0.1, 0.15) is 0 Å². The topological polar surface area (TPSA) is 32.3 Å². The summed E-state index contributed by atoms with van der Waals surface area (Å²) in [5, 5.41) is 13.8. The molecule has 2 rings (SSSR count). The Kier molecular flexibility index (Phi) is 4.66. The molecule has 2 N–H and O–H groups in total. The number of rotatable bonds is 3. The van der Waals surface area contributed by atoms with Crippen LogP contribution in [0.4, 0.5) is 0 Å². The van der Waals surface area contributed by atoms with E-state index in [9.17, 15) is 5.11 Å². The first-order valence-corrected chi connectivity index (χ1v) is 7.23. The Morgan fingerprint density at radius 2 is 1.88 bits per heavy atom. The molecule has 0 unspecified atom stereocenters. The molecule has 1 aliphatic carbocycles. The van der Waals surface area contributed by atoms with Gasteiger partial charge in [0.15, 0.2) is 0 Å². The van der Waals surface area contributed by atoms with Crippen LogP contribution in [0, 0.1) is 5.92 Å². The van der Waals surface area contributed by atoms with E-state index in [0.717, 1.165) is 18.8 Å². The zero-order valence-electron chi connectivity index (χ0n) is 10.6. The molecule has 1 heterocycles. The lowest BCUT2D eigenvalue weighted by Gasteiger charge is -2.40. The summed E-state index contributed by atoms with van der Waals surface area (Å²) < 4.78 is 0. The smallest absolute Gasteiger partial charge is 0.0570 e. The zero-order chi connectivity index (χ0) is 11.4. The van der Waals surface area contributed by atoms with E-state index in [4.69, 9.17) is 0 Å². The summed E-state index contributed by atoms with van der Waals surface area (Å²) in [4.78, 5) is 0. The van der Waals surface area contributed by atoms with Gasteiger partial charge in [0, 0.05) is 12.1 Å². The van der Waals surface area contributed by atoms with Crippen LogP contribution in [0.15, 0.2) is 0 Å². The van der Waals surface area contributed by atoms with Gasteiger partial charge in [-0.05, 0) is 38.0 Å². The highest BCUT2D eigenvalue weighted by molar-refractivity contribution is 4.89. The number of nitrogens with one attached hydrogen (secondary N) is 1. The maximum atomic E-state index is 9.97. The molecule has 2 fully saturated rings. The van der Waals surface area contributed by atoms with Crippen LogP contribution in [0.25, 0.3) is 0 Å². The Balaban J connectivity index is 1.87. The van der Waals surface area contributed by atoms with E-state index in [1.54, 1.807) is 0 Å². The van der Waals surface area contributed by atoms with Crippen molar-refractivity contribution in [2.24, 2.45) is 5.92 Å². The van der Waals surface area contributed by atoms with E-state index in [2.05, 4.69) is 12.2 Å². The van der Waals surface area contributed by atoms with Gasteiger partial charge in [0.25, 0.3) is 0 Å². The average molecular weight is 225 g/mol. The fourth-order valence-electron chi connectivity index (χ4n) is 3.57. The minimum Gasteiger partial charge on any atom is -0.393 e. The van der Waals surface area contributed by atoms with E-state index >= 15 is 0 Å². The lowest BCUT2D eigenvalue weighted by molar-refractivity contribution is 0.0673. The first-order chi connectivity index (χ1) is 7.79. The van der Waals surface area contributed by atoms with Crippen LogP contribution < -0.4 is 5.32 Å². The van der Waals surface area contributed by atoms with Gasteiger partial charge in [0.05, 0.1) is 6.10 Å². The number of hydrogen-bond donors (Lipinski definition) is 2. The number of aliphatic hydroxyl groups is 1. The second-order valence-electron chi connectivity index (χ2n) is 5.78. The summed E-state index contributed by atoms with van der Waals surface area (Å²) >= 11 is 0. The van der Waals surface area contributed by atoms with Crippen molar-refractivity contribution in [3.63, 3.8) is 0 Å². The van der Waals surface area contributed by atoms with Crippen molar-refractivity contribution in [3.8, 4) is 0 Å². The molecule has 0 aromatic heterocycles. The summed E-state index contributed by atoms with van der Waals surface area (Å²) in [7, 11) is 0. The number of hydrogen-bond acceptors (Lipinski definition) is 2. The summed E-state index contributed by atoms with van der Waals surface area (Å²) in [5.74, 6) is 0.836. The van der Waals surface area contributed by atoms with Gasteiger partial charge in [-0.15, -0.1) is 0 Å². The van der Waals surface area contributed by atoms with Gasteiger partial charge in [-0.3, -0.25) is 0 Å². The molecule has 1 saturated heterocycles. The van der Waals surface area contributed by atoms with Crippen molar-refractivity contribution in [3.05, 3.63) is 0 Å². The standard InChI is InChI=1S/C14H27NO/c1-2-6-12-9-13(16)10-14(15-12)11-7-4-3-5-8-11/h11-16H,2-10H2,1H3/t12-,13+,14-/m0/s1. The first kappa shape index (κ1) is 12.4. The molecule has 0 aromatic carbocycles. The Hall–Kier alpha value is -0.0800. The molecule has 0 amide bonds. The SMILES string of the molecule is CCC[C@H]1C[C@@H](O)C[C@@H](C2CCCCC2)N1. The maximum absolute atomic E-state index is 9.97. The second kappa shape index (κ2) is 6.02. The van der Waals surface area contributed by atoms with E-state index in [-0.39, 0.29) is 6.10 Å². The summed E-state index contributed by atoms with van der Waals surface area (Å²) in [6.07, 6.45) is 11.3. The van der Waals surface area contributed by atoms with E-state index < -0.39 is 0 Å². The summed E-state index contributed by atoms with van der Waals surface area (Å²) in [5.41, 5.74) is 0. The molecule has 2 nitrogen and oxygen atoms in total. The van der Waals surface area contributed by atoms with Gasteiger partial charge in [-0.1, -0.05) is 32.6 Å². The number of piperidine rings is 1. The summed E-state index contributed by atoms with van der Waals surface area (Å²) in [6, 6.07) is 1.17.